The molecule has 16 heavy (non-hydrogen) atoms. The second-order valence-corrected chi connectivity index (χ2v) is 4.21. The fourth-order valence-electron chi connectivity index (χ4n) is 1.99. The van der Waals surface area contributed by atoms with E-state index >= 15 is 0 Å². The Kier molecular flexibility index (Phi) is 3.09. The largest absolute Gasteiger partial charge is 0.358 e. The second-order valence-electron chi connectivity index (χ2n) is 4.21. The van der Waals surface area contributed by atoms with E-state index in [2.05, 4.69) is 11.9 Å². The molecule has 2 nitrogen and oxygen atoms in total. The van der Waals surface area contributed by atoms with Crippen LogP contribution in [0.2, 0.25) is 0 Å². The summed E-state index contributed by atoms with van der Waals surface area (Å²) in [6.07, 6.45) is 3.23. The lowest BCUT2D eigenvalue weighted by Crippen LogP contribution is -2.11. The normalized spacial score (nSPS) is 10.9. The summed E-state index contributed by atoms with van der Waals surface area (Å²) in [6, 6.07) is 7.70. The van der Waals surface area contributed by atoms with Gasteiger partial charge in [-0.15, -0.1) is 0 Å². The summed E-state index contributed by atoms with van der Waals surface area (Å²) in [6.45, 7) is 4.07. The predicted molar refractivity (Wildman–Crippen MR) is 67.9 cm³/mol. The van der Waals surface area contributed by atoms with Gasteiger partial charge in [0, 0.05) is 22.2 Å². The molecule has 0 radical (unpaired) electrons. The molecule has 1 heterocycles. The number of hydrogen-bond donors (Lipinski definition) is 1. The minimum absolute atomic E-state index is 0.167. The van der Waals surface area contributed by atoms with E-state index in [4.69, 9.17) is 0 Å². The number of pyridine rings is 1. The van der Waals surface area contributed by atoms with Crippen molar-refractivity contribution in [2.75, 3.05) is 0 Å². The van der Waals surface area contributed by atoms with Crippen molar-refractivity contribution in [3.05, 3.63) is 45.7 Å². The minimum atomic E-state index is 0.167. The van der Waals surface area contributed by atoms with E-state index in [1.807, 2.05) is 31.2 Å². The summed E-state index contributed by atoms with van der Waals surface area (Å²) >= 11 is 0. The molecule has 1 aromatic carbocycles. The lowest BCUT2D eigenvalue weighted by Gasteiger charge is -2.07. The maximum absolute atomic E-state index is 12.1. The van der Waals surface area contributed by atoms with Crippen LogP contribution in [0.15, 0.2) is 29.1 Å². The van der Waals surface area contributed by atoms with Crippen LogP contribution in [-0.4, -0.2) is 4.98 Å². The Hall–Kier alpha value is -1.57. The smallest absolute Gasteiger partial charge is 0.192 e. The van der Waals surface area contributed by atoms with Crippen LogP contribution in [0.25, 0.3) is 10.9 Å². The Morgan fingerprint density at radius 3 is 2.75 bits per heavy atom. The number of benzene rings is 1. The molecule has 84 valence electrons. The topological polar surface area (TPSA) is 32.9 Å². The number of fused-ring (bicyclic) bond motifs is 1. The molecule has 0 fully saturated rings. The van der Waals surface area contributed by atoms with Gasteiger partial charge in [-0.2, -0.15) is 0 Å². The highest BCUT2D eigenvalue weighted by Crippen LogP contribution is 2.12. The van der Waals surface area contributed by atoms with Crippen LogP contribution in [0.1, 0.15) is 31.0 Å². The molecule has 2 heteroatoms. The molecule has 1 aromatic heterocycles. The molecule has 0 saturated heterocycles. The first kappa shape index (κ1) is 10.9. The molecule has 1 N–H and O–H groups in total. The fraction of sp³-hybridized carbons (Fsp3) is 0.357. The van der Waals surface area contributed by atoms with Gasteiger partial charge in [0.1, 0.15) is 0 Å². The van der Waals surface area contributed by atoms with E-state index < -0.39 is 0 Å². The number of hydrogen-bond acceptors (Lipinski definition) is 1. The van der Waals surface area contributed by atoms with E-state index in [1.165, 1.54) is 0 Å². The van der Waals surface area contributed by atoms with Crippen molar-refractivity contribution < 1.29 is 0 Å². The molecule has 0 aliphatic rings. The van der Waals surface area contributed by atoms with Crippen molar-refractivity contribution >= 4 is 10.9 Å². The maximum atomic E-state index is 12.1. The van der Waals surface area contributed by atoms with Gasteiger partial charge in [-0.05, 0) is 31.9 Å². The molecular weight excluding hydrogens is 198 g/mol. The van der Waals surface area contributed by atoms with Gasteiger partial charge in [-0.25, -0.2) is 0 Å². The standard InChI is InChI=1S/C14H17NO/c1-3-4-8-12-10(2)14(16)11-7-5-6-9-13(11)15-12/h5-7,9H,3-4,8H2,1-2H3,(H,15,16). The first-order chi connectivity index (χ1) is 7.74. The van der Waals surface area contributed by atoms with E-state index in [-0.39, 0.29) is 5.43 Å². The summed E-state index contributed by atoms with van der Waals surface area (Å²) in [5.74, 6) is 0. The second kappa shape index (κ2) is 4.52. The molecule has 0 unspecified atom stereocenters. The maximum Gasteiger partial charge on any atom is 0.192 e. The highest BCUT2D eigenvalue weighted by molar-refractivity contribution is 5.79. The summed E-state index contributed by atoms with van der Waals surface area (Å²) in [5, 5.41) is 0.792. The predicted octanol–water partition coefficient (Wildman–Crippen LogP) is 3.18. The van der Waals surface area contributed by atoms with Gasteiger partial charge in [-0.1, -0.05) is 25.5 Å². The van der Waals surface area contributed by atoms with E-state index in [0.29, 0.717) is 0 Å². The highest BCUT2D eigenvalue weighted by Gasteiger charge is 2.06. The van der Waals surface area contributed by atoms with Crippen LogP contribution in [0, 0.1) is 6.92 Å². The summed E-state index contributed by atoms with van der Waals surface area (Å²) in [5.41, 5.74) is 3.07. The van der Waals surface area contributed by atoms with Gasteiger partial charge in [-0.3, -0.25) is 4.79 Å². The summed E-state index contributed by atoms with van der Waals surface area (Å²) < 4.78 is 0. The van der Waals surface area contributed by atoms with E-state index in [0.717, 1.165) is 41.4 Å². The SMILES string of the molecule is CCCCc1[nH]c2ccccc2c(=O)c1C. The third-order valence-electron chi connectivity index (χ3n) is 3.03. The zero-order chi connectivity index (χ0) is 11.5. The third-order valence-corrected chi connectivity index (χ3v) is 3.03. The Labute approximate surface area is 95.3 Å². The van der Waals surface area contributed by atoms with Gasteiger partial charge in [0.15, 0.2) is 5.43 Å². The van der Waals surface area contributed by atoms with Crippen molar-refractivity contribution in [1.82, 2.24) is 4.98 Å². The van der Waals surface area contributed by atoms with Gasteiger partial charge >= 0.3 is 0 Å². The lowest BCUT2D eigenvalue weighted by molar-refractivity contribution is 0.774. The van der Waals surface area contributed by atoms with Gasteiger partial charge in [0.2, 0.25) is 0 Å². The minimum Gasteiger partial charge on any atom is -0.358 e. The van der Waals surface area contributed by atoms with Crippen molar-refractivity contribution in [2.45, 2.75) is 33.1 Å². The number of aryl methyl sites for hydroxylation is 1. The van der Waals surface area contributed by atoms with Gasteiger partial charge in [0.25, 0.3) is 0 Å². The first-order valence-electron chi connectivity index (χ1n) is 5.84. The van der Waals surface area contributed by atoms with Crippen LogP contribution in [-0.2, 0) is 6.42 Å². The number of para-hydroxylation sites is 1. The molecule has 0 saturated carbocycles. The zero-order valence-corrected chi connectivity index (χ0v) is 9.84. The molecule has 0 atom stereocenters. The molecule has 0 aliphatic heterocycles. The fourth-order valence-corrected chi connectivity index (χ4v) is 1.99. The molecule has 0 amide bonds. The number of aromatic nitrogens is 1. The van der Waals surface area contributed by atoms with Crippen LogP contribution in [0.3, 0.4) is 0 Å². The number of nitrogens with one attached hydrogen (secondary N) is 1. The monoisotopic (exact) mass is 215 g/mol. The van der Waals surface area contributed by atoms with Crippen molar-refractivity contribution in [3.63, 3.8) is 0 Å². The van der Waals surface area contributed by atoms with Gasteiger partial charge < -0.3 is 4.98 Å². The number of unbranched alkanes of at least 4 members (excludes halogenated alkanes) is 1. The molecule has 2 rings (SSSR count). The highest BCUT2D eigenvalue weighted by atomic mass is 16.1. The molecule has 2 aromatic rings. The Bertz CT molecular complexity index is 554. The van der Waals surface area contributed by atoms with Crippen molar-refractivity contribution in [1.29, 1.82) is 0 Å². The van der Waals surface area contributed by atoms with Gasteiger partial charge in [0.05, 0.1) is 0 Å². The average Bonchev–Trinajstić information content (AvgIpc) is 2.32. The van der Waals surface area contributed by atoms with Crippen LogP contribution >= 0.6 is 0 Å². The van der Waals surface area contributed by atoms with Crippen LogP contribution < -0.4 is 5.43 Å². The molecule has 0 spiro atoms. The van der Waals surface area contributed by atoms with Crippen LogP contribution in [0.4, 0.5) is 0 Å². The third kappa shape index (κ3) is 1.87. The molecular formula is C14H17NO. The Morgan fingerprint density at radius 1 is 1.25 bits per heavy atom. The number of H-pyrrole nitrogens is 1. The van der Waals surface area contributed by atoms with Crippen molar-refractivity contribution in [3.8, 4) is 0 Å². The number of rotatable bonds is 3. The number of aromatic amines is 1. The quantitative estimate of drug-likeness (QED) is 0.838. The van der Waals surface area contributed by atoms with Crippen LogP contribution in [0.5, 0.6) is 0 Å². The zero-order valence-electron chi connectivity index (χ0n) is 9.84. The molecule has 0 aliphatic carbocycles. The molecule has 0 bridgehead atoms. The van der Waals surface area contributed by atoms with Crippen molar-refractivity contribution in [2.24, 2.45) is 0 Å². The van der Waals surface area contributed by atoms with E-state index in [1.54, 1.807) is 0 Å². The first-order valence-corrected chi connectivity index (χ1v) is 5.84. The Morgan fingerprint density at radius 2 is 2.00 bits per heavy atom. The summed E-state index contributed by atoms with van der Waals surface area (Å²) in [7, 11) is 0. The summed E-state index contributed by atoms with van der Waals surface area (Å²) in [4.78, 5) is 15.5. The Balaban J connectivity index is 2.60. The lowest BCUT2D eigenvalue weighted by atomic mass is 10.1. The average molecular weight is 215 g/mol. The van der Waals surface area contributed by atoms with E-state index in [9.17, 15) is 4.79 Å².